The second kappa shape index (κ2) is 8.27. The molecule has 1 fully saturated rings. The molecule has 150 valence electrons. The maximum Gasteiger partial charge on any atom is 0.212 e. The lowest BCUT2D eigenvalue weighted by atomic mass is 9.94. The molecule has 2 aliphatic rings. The van der Waals surface area contributed by atoms with E-state index in [0.29, 0.717) is 49.0 Å². The molecular weight excluding hydrogens is 426 g/mol. The van der Waals surface area contributed by atoms with Gasteiger partial charge in [-0.3, -0.25) is 4.79 Å². The van der Waals surface area contributed by atoms with Gasteiger partial charge >= 0.3 is 0 Å². The van der Waals surface area contributed by atoms with Gasteiger partial charge in [0.2, 0.25) is 11.3 Å². The second-order valence-electron chi connectivity index (χ2n) is 6.95. The van der Waals surface area contributed by atoms with E-state index in [2.05, 4.69) is 26.6 Å². The summed E-state index contributed by atoms with van der Waals surface area (Å²) in [5.74, 6) is 1.41. The van der Waals surface area contributed by atoms with E-state index in [9.17, 15) is 4.79 Å². The highest BCUT2D eigenvalue weighted by molar-refractivity contribution is 9.10. The van der Waals surface area contributed by atoms with Crippen LogP contribution in [0, 0.1) is 6.92 Å². The summed E-state index contributed by atoms with van der Waals surface area (Å²) in [5, 5.41) is 0. The molecule has 1 aromatic heterocycles. The normalized spacial score (nSPS) is 18.3. The minimum Gasteiger partial charge on any atom is -0.494 e. The number of pyridine rings is 1. The molecule has 1 saturated heterocycles. The van der Waals surface area contributed by atoms with Gasteiger partial charge in [0.05, 0.1) is 32.1 Å². The Labute approximate surface area is 172 Å². The van der Waals surface area contributed by atoms with Crippen LogP contribution in [0.4, 0.5) is 0 Å². The van der Waals surface area contributed by atoms with E-state index >= 15 is 0 Å². The summed E-state index contributed by atoms with van der Waals surface area (Å²) in [6.07, 6.45) is 0.718. The van der Waals surface area contributed by atoms with E-state index in [1.165, 1.54) is 5.56 Å². The van der Waals surface area contributed by atoms with E-state index in [-0.39, 0.29) is 11.5 Å². The largest absolute Gasteiger partial charge is 0.494 e. The van der Waals surface area contributed by atoms with Gasteiger partial charge in [0, 0.05) is 17.7 Å². The monoisotopic (exact) mass is 449 g/mol. The smallest absolute Gasteiger partial charge is 0.212 e. The Hall–Kier alpha value is -1.83. The van der Waals surface area contributed by atoms with Crippen molar-refractivity contribution in [1.29, 1.82) is 0 Å². The SMILES string of the molecule is CCOc1ccc2c(c1)CCn1c(OC[C@@H]3COCCO3)c(Br)c(=O)c(C)c1-2. The molecule has 0 saturated carbocycles. The van der Waals surface area contributed by atoms with Crippen molar-refractivity contribution in [2.75, 3.05) is 33.0 Å². The van der Waals surface area contributed by atoms with E-state index in [1.807, 2.05) is 26.0 Å². The second-order valence-corrected chi connectivity index (χ2v) is 7.75. The molecule has 0 bridgehead atoms. The van der Waals surface area contributed by atoms with Crippen LogP contribution in [0.2, 0.25) is 0 Å². The fraction of sp³-hybridized carbons (Fsp3) is 0.476. The van der Waals surface area contributed by atoms with Crippen molar-refractivity contribution in [3.63, 3.8) is 0 Å². The fourth-order valence-corrected chi connectivity index (χ4v) is 4.42. The van der Waals surface area contributed by atoms with Gasteiger partial charge in [-0.1, -0.05) is 0 Å². The van der Waals surface area contributed by atoms with Gasteiger partial charge in [-0.25, -0.2) is 0 Å². The minimum atomic E-state index is -0.127. The fourth-order valence-electron chi connectivity index (χ4n) is 3.80. The number of benzene rings is 1. The number of hydrogen-bond acceptors (Lipinski definition) is 5. The Morgan fingerprint density at radius 1 is 1.29 bits per heavy atom. The maximum absolute atomic E-state index is 12.9. The molecule has 1 aromatic carbocycles. The quantitative estimate of drug-likeness (QED) is 0.700. The van der Waals surface area contributed by atoms with Crippen molar-refractivity contribution in [3.8, 4) is 22.9 Å². The average Bonchev–Trinajstić information content (AvgIpc) is 2.72. The predicted octanol–water partition coefficient (Wildman–Crippen LogP) is 3.34. The Morgan fingerprint density at radius 3 is 2.89 bits per heavy atom. The number of nitrogens with zero attached hydrogens (tertiary/aromatic N) is 1. The van der Waals surface area contributed by atoms with E-state index in [0.717, 1.165) is 30.0 Å². The van der Waals surface area contributed by atoms with Crippen molar-refractivity contribution in [3.05, 3.63) is 44.0 Å². The molecule has 2 aliphatic heterocycles. The van der Waals surface area contributed by atoms with Crippen molar-refractivity contribution in [1.82, 2.24) is 4.57 Å². The molecule has 0 N–H and O–H groups in total. The van der Waals surface area contributed by atoms with Crippen molar-refractivity contribution in [2.24, 2.45) is 0 Å². The molecule has 7 heteroatoms. The molecule has 0 radical (unpaired) electrons. The van der Waals surface area contributed by atoms with Crippen LogP contribution in [0.15, 0.2) is 27.5 Å². The van der Waals surface area contributed by atoms with E-state index in [1.54, 1.807) is 0 Å². The molecule has 6 nitrogen and oxygen atoms in total. The van der Waals surface area contributed by atoms with Crippen LogP contribution in [-0.4, -0.2) is 43.7 Å². The van der Waals surface area contributed by atoms with Gasteiger partial charge in [0.15, 0.2) is 0 Å². The number of hydrogen-bond donors (Lipinski definition) is 0. The van der Waals surface area contributed by atoms with Crippen LogP contribution < -0.4 is 14.9 Å². The van der Waals surface area contributed by atoms with Crippen LogP contribution in [0.3, 0.4) is 0 Å². The van der Waals surface area contributed by atoms with Crippen molar-refractivity contribution < 1.29 is 18.9 Å². The Bertz CT molecular complexity index is 933. The molecular formula is C21H24BrNO5. The molecule has 4 rings (SSSR count). The molecule has 3 heterocycles. The summed E-state index contributed by atoms with van der Waals surface area (Å²) in [6.45, 7) is 7.23. The molecule has 1 atom stereocenters. The zero-order valence-corrected chi connectivity index (χ0v) is 17.7. The van der Waals surface area contributed by atoms with Crippen LogP contribution >= 0.6 is 15.9 Å². The Morgan fingerprint density at radius 2 is 2.14 bits per heavy atom. The topological polar surface area (TPSA) is 58.9 Å². The first-order valence-corrected chi connectivity index (χ1v) is 10.4. The highest BCUT2D eigenvalue weighted by Crippen LogP contribution is 2.38. The summed E-state index contributed by atoms with van der Waals surface area (Å²) < 4.78 is 25.4. The average molecular weight is 450 g/mol. The number of ether oxygens (including phenoxy) is 4. The van der Waals surface area contributed by atoms with Gasteiger partial charge in [-0.2, -0.15) is 0 Å². The molecule has 2 aromatic rings. The van der Waals surface area contributed by atoms with E-state index < -0.39 is 0 Å². The van der Waals surface area contributed by atoms with Crippen LogP contribution in [0.1, 0.15) is 18.1 Å². The lowest BCUT2D eigenvalue weighted by Gasteiger charge is -2.29. The number of aromatic nitrogens is 1. The molecule has 0 spiro atoms. The number of aryl methyl sites for hydroxylation is 1. The highest BCUT2D eigenvalue weighted by atomic mass is 79.9. The third-order valence-electron chi connectivity index (χ3n) is 5.14. The maximum atomic E-state index is 12.9. The number of fused-ring (bicyclic) bond motifs is 3. The summed E-state index contributed by atoms with van der Waals surface area (Å²) in [7, 11) is 0. The Balaban J connectivity index is 1.73. The zero-order valence-electron chi connectivity index (χ0n) is 16.1. The van der Waals surface area contributed by atoms with Crippen LogP contribution in [0.25, 0.3) is 11.3 Å². The van der Waals surface area contributed by atoms with Gasteiger partial charge < -0.3 is 23.5 Å². The summed E-state index contributed by atoms with van der Waals surface area (Å²) in [6, 6.07) is 6.06. The number of rotatable bonds is 5. The summed E-state index contributed by atoms with van der Waals surface area (Å²) in [4.78, 5) is 12.9. The first-order chi connectivity index (χ1) is 13.6. The molecule has 28 heavy (non-hydrogen) atoms. The first kappa shape index (κ1) is 19.5. The summed E-state index contributed by atoms with van der Waals surface area (Å²) in [5.41, 5.74) is 3.81. The summed E-state index contributed by atoms with van der Waals surface area (Å²) >= 11 is 3.46. The zero-order chi connectivity index (χ0) is 19.7. The van der Waals surface area contributed by atoms with Gasteiger partial charge in [-0.15, -0.1) is 0 Å². The van der Waals surface area contributed by atoms with Gasteiger partial charge in [-0.05, 0) is 60.0 Å². The minimum absolute atomic E-state index is 0.0520. The standard InChI is InChI=1S/C21H24BrNO5/c1-3-26-15-4-5-17-14(10-15)6-7-23-19(17)13(2)20(24)18(22)21(23)28-12-16-11-25-8-9-27-16/h4-5,10,16H,3,6-9,11-12H2,1-2H3/t16-/m0/s1. The lowest BCUT2D eigenvalue weighted by Crippen LogP contribution is -2.34. The van der Waals surface area contributed by atoms with Crippen molar-refractivity contribution in [2.45, 2.75) is 32.9 Å². The Kier molecular flexibility index (Phi) is 5.75. The van der Waals surface area contributed by atoms with Crippen LogP contribution in [-0.2, 0) is 22.4 Å². The van der Waals surface area contributed by atoms with Gasteiger partial charge in [0.1, 0.15) is 22.9 Å². The van der Waals surface area contributed by atoms with Crippen LogP contribution in [0.5, 0.6) is 11.6 Å². The molecule has 0 aliphatic carbocycles. The third kappa shape index (κ3) is 3.58. The van der Waals surface area contributed by atoms with Gasteiger partial charge in [0.25, 0.3) is 0 Å². The van der Waals surface area contributed by atoms with Crippen molar-refractivity contribution >= 4 is 15.9 Å². The highest BCUT2D eigenvalue weighted by Gasteiger charge is 2.26. The first-order valence-electron chi connectivity index (χ1n) is 9.61. The number of halogens is 1. The predicted molar refractivity (Wildman–Crippen MR) is 110 cm³/mol. The third-order valence-corrected chi connectivity index (χ3v) is 5.84. The lowest BCUT2D eigenvalue weighted by molar-refractivity contribution is -0.102. The van der Waals surface area contributed by atoms with E-state index in [4.69, 9.17) is 18.9 Å². The molecule has 0 unspecified atom stereocenters. The molecule has 0 amide bonds.